The van der Waals surface area contributed by atoms with Crippen LogP contribution in [0.15, 0.2) is 12.9 Å². The first-order valence-electron chi connectivity index (χ1n) is 3.82. The summed E-state index contributed by atoms with van der Waals surface area (Å²) in [6.45, 7) is 3.60. The molecule has 0 saturated carbocycles. The lowest BCUT2D eigenvalue weighted by Crippen LogP contribution is -2.11. The highest BCUT2D eigenvalue weighted by atomic mass is 32.1. The average molecular weight is 208 g/mol. The molecule has 5 nitrogen and oxygen atoms in total. The highest BCUT2D eigenvalue weighted by Crippen LogP contribution is 2.32. The number of carbonyl (C=O) groups is 1. The second-order valence-corrected chi connectivity index (χ2v) is 3.70. The van der Waals surface area contributed by atoms with Gasteiger partial charge < -0.3 is 16.0 Å². The van der Waals surface area contributed by atoms with E-state index in [1.807, 2.05) is 0 Å². The maximum atomic E-state index is 11.0. The van der Waals surface area contributed by atoms with Crippen LogP contribution in [0.4, 0.5) is 5.69 Å². The minimum atomic E-state index is -0.527. The summed E-state index contributed by atoms with van der Waals surface area (Å²) < 4.78 is 1.66. The maximum absolute atomic E-state index is 11.0. The molecule has 0 saturated heterocycles. The van der Waals surface area contributed by atoms with E-state index in [4.69, 9.17) is 11.5 Å². The van der Waals surface area contributed by atoms with E-state index in [1.165, 1.54) is 11.3 Å². The third kappa shape index (κ3) is 1.01. The standard InChI is InChI=1S/C8H8N4OS/c1-2-12-3-11-8-5(12)4(9)6(14-8)7(10)13/h2-3H,1,9H2,(H2,10,13). The lowest BCUT2D eigenvalue weighted by Gasteiger charge is -1.95. The van der Waals surface area contributed by atoms with Crippen LogP contribution in [0.1, 0.15) is 9.67 Å². The van der Waals surface area contributed by atoms with Crippen LogP contribution in [-0.4, -0.2) is 15.5 Å². The van der Waals surface area contributed by atoms with Gasteiger partial charge in [0.15, 0.2) is 0 Å². The fourth-order valence-corrected chi connectivity index (χ4v) is 2.17. The molecule has 2 aromatic rings. The Kier molecular flexibility index (Phi) is 1.78. The number of hydrogen-bond donors (Lipinski definition) is 2. The Bertz CT molecular complexity index is 525. The lowest BCUT2D eigenvalue weighted by molar-refractivity contribution is 0.100. The van der Waals surface area contributed by atoms with E-state index in [0.29, 0.717) is 20.9 Å². The van der Waals surface area contributed by atoms with Crippen molar-refractivity contribution < 1.29 is 4.79 Å². The molecule has 72 valence electrons. The molecule has 0 spiro atoms. The third-order valence-corrected chi connectivity index (χ3v) is 3.00. The number of fused-ring (bicyclic) bond motifs is 1. The van der Waals surface area contributed by atoms with Gasteiger partial charge in [-0.2, -0.15) is 0 Å². The largest absolute Gasteiger partial charge is 0.396 e. The van der Waals surface area contributed by atoms with Crippen LogP contribution < -0.4 is 11.5 Å². The number of nitrogens with two attached hydrogens (primary N) is 2. The second kappa shape index (κ2) is 2.85. The van der Waals surface area contributed by atoms with Crippen molar-refractivity contribution in [1.82, 2.24) is 9.55 Å². The molecule has 14 heavy (non-hydrogen) atoms. The first-order valence-corrected chi connectivity index (χ1v) is 4.64. The Hall–Kier alpha value is -1.82. The van der Waals surface area contributed by atoms with Gasteiger partial charge in [-0.1, -0.05) is 6.58 Å². The van der Waals surface area contributed by atoms with Crippen LogP contribution in [0, 0.1) is 0 Å². The van der Waals surface area contributed by atoms with Crippen molar-refractivity contribution in [2.24, 2.45) is 5.73 Å². The number of aromatic nitrogens is 2. The molecule has 6 heteroatoms. The van der Waals surface area contributed by atoms with Gasteiger partial charge in [0, 0.05) is 6.20 Å². The van der Waals surface area contributed by atoms with Crippen LogP contribution >= 0.6 is 11.3 Å². The molecule has 0 fully saturated rings. The highest BCUT2D eigenvalue weighted by Gasteiger charge is 2.16. The molecular formula is C8H8N4OS. The number of carbonyl (C=O) groups excluding carboxylic acids is 1. The number of nitrogen functional groups attached to an aromatic ring is 1. The van der Waals surface area contributed by atoms with E-state index in [1.54, 1.807) is 17.1 Å². The monoisotopic (exact) mass is 208 g/mol. The van der Waals surface area contributed by atoms with Crippen LogP contribution in [-0.2, 0) is 0 Å². The molecule has 0 aliphatic rings. The summed E-state index contributed by atoms with van der Waals surface area (Å²) in [7, 11) is 0. The molecular weight excluding hydrogens is 200 g/mol. The zero-order valence-electron chi connectivity index (χ0n) is 7.23. The van der Waals surface area contributed by atoms with Crippen LogP contribution in [0.25, 0.3) is 16.5 Å². The van der Waals surface area contributed by atoms with Crippen molar-refractivity contribution in [2.45, 2.75) is 0 Å². The molecule has 1 amide bonds. The fraction of sp³-hybridized carbons (Fsp3) is 0. The van der Waals surface area contributed by atoms with Crippen molar-refractivity contribution in [3.63, 3.8) is 0 Å². The summed E-state index contributed by atoms with van der Waals surface area (Å²) in [6.07, 6.45) is 3.17. The number of anilines is 1. The molecule has 0 bridgehead atoms. The molecule has 0 unspecified atom stereocenters. The Balaban J connectivity index is 2.82. The third-order valence-electron chi connectivity index (χ3n) is 1.88. The van der Waals surface area contributed by atoms with Crippen molar-refractivity contribution in [3.8, 4) is 0 Å². The lowest BCUT2D eigenvalue weighted by atomic mass is 10.3. The van der Waals surface area contributed by atoms with E-state index in [0.717, 1.165) is 0 Å². The zero-order chi connectivity index (χ0) is 10.3. The van der Waals surface area contributed by atoms with E-state index >= 15 is 0 Å². The van der Waals surface area contributed by atoms with E-state index in [-0.39, 0.29) is 0 Å². The quantitative estimate of drug-likeness (QED) is 0.768. The van der Waals surface area contributed by atoms with Gasteiger partial charge >= 0.3 is 0 Å². The first kappa shape index (κ1) is 8.76. The van der Waals surface area contributed by atoms with Crippen LogP contribution in [0.5, 0.6) is 0 Å². The summed E-state index contributed by atoms with van der Waals surface area (Å²) in [4.78, 5) is 16.1. The van der Waals surface area contributed by atoms with Crippen LogP contribution in [0.2, 0.25) is 0 Å². The smallest absolute Gasteiger partial charge is 0.261 e. The van der Waals surface area contributed by atoms with Gasteiger partial charge in [0.25, 0.3) is 5.91 Å². The van der Waals surface area contributed by atoms with Gasteiger partial charge in [-0.05, 0) is 0 Å². The van der Waals surface area contributed by atoms with Crippen LogP contribution in [0.3, 0.4) is 0 Å². The molecule has 2 heterocycles. The number of imidazole rings is 1. The maximum Gasteiger partial charge on any atom is 0.261 e. The van der Waals surface area contributed by atoms with E-state index < -0.39 is 5.91 Å². The summed E-state index contributed by atoms with van der Waals surface area (Å²) in [5, 5.41) is 0. The van der Waals surface area contributed by atoms with Crippen molar-refractivity contribution >= 4 is 39.5 Å². The Morgan fingerprint density at radius 3 is 3.00 bits per heavy atom. The topological polar surface area (TPSA) is 86.9 Å². The SMILES string of the molecule is C=Cn1cnc2sc(C(N)=O)c(N)c21. The number of thiophene rings is 1. The minimum Gasteiger partial charge on any atom is -0.396 e. The van der Waals surface area contributed by atoms with E-state index in [9.17, 15) is 4.79 Å². The fourth-order valence-electron chi connectivity index (χ4n) is 1.25. The van der Waals surface area contributed by atoms with Crippen molar-refractivity contribution in [2.75, 3.05) is 5.73 Å². The van der Waals surface area contributed by atoms with Gasteiger partial charge in [0.05, 0.1) is 5.69 Å². The van der Waals surface area contributed by atoms with E-state index in [2.05, 4.69) is 11.6 Å². The summed E-state index contributed by atoms with van der Waals surface area (Å²) >= 11 is 1.19. The average Bonchev–Trinajstić information content (AvgIpc) is 2.66. The first-order chi connectivity index (χ1) is 6.65. The predicted molar refractivity (Wildman–Crippen MR) is 56.9 cm³/mol. The molecule has 0 aliphatic carbocycles. The normalized spacial score (nSPS) is 10.6. The summed E-state index contributed by atoms with van der Waals surface area (Å²) in [5.74, 6) is -0.527. The minimum absolute atomic E-state index is 0.346. The molecule has 0 radical (unpaired) electrons. The molecule has 0 atom stereocenters. The molecule has 4 N–H and O–H groups in total. The van der Waals surface area contributed by atoms with Gasteiger partial charge in [0.2, 0.25) is 0 Å². The van der Waals surface area contributed by atoms with Gasteiger partial charge in [-0.3, -0.25) is 4.79 Å². The Morgan fingerprint density at radius 1 is 1.71 bits per heavy atom. The predicted octanol–water partition coefficient (Wildman–Crippen LogP) is 0.879. The number of amides is 1. The highest BCUT2D eigenvalue weighted by molar-refractivity contribution is 7.21. The number of rotatable bonds is 2. The molecule has 0 aromatic carbocycles. The van der Waals surface area contributed by atoms with Crippen molar-refractivity contribution in [3.05, 3.63) is 17.8 Å². The Morgan fingerprint density at radius 2 is 2.43 bits per heavy atom. The summed E-state index contributed by atoms with van der Waals surface area (Å²) in [6, 6.07) is 0. The molecule has 2 rings (SSSR count). The number of hydrogen-bond acceptors (Lipinski definition) is 4. The molecule has 2 aromatic heterocycles. The number of nitrogens with zero attached hydrogens (tertiary/aromatic N) is 2. The van der Waals surface area contributed by atoms with Gasteiger partial charge in [0.1, 0.15) is 21.6 Å². The van der Waals surface area contributed by atoms with Crippen molar-refractivity contribution in [1.29, 1.82) is 0 Å². The van der Waals surface area contributed by atoms with Gasteiger partial charge in [-0.15, -0.1) is 11.3 Å². The number of primary amides is 1. The van der Waals surface area contributed by atoms with Gasteiger partial charge in [-0.25, -0.2) is 4.98 Å². The molecule has 0 aliphatic heterocycles. The Labute approximate surface area is 83.6 Å². The second-order valence-electron chi connectivity index (χ2n) is 2.70. The zero-order valence-corrected chi connectivity index (χ0v) is 8.04. The summed E-state index contributed by atoms with van der Waals surface area (Å²) in [5.41, 5.74) is 12.0.